The van der Waals surface area contributed by atoms with E-state index in [0.717, 1.165) is 17.0 Å². The summed E-state index contributed by atoms with van der Waals surface area (Å²) in [6.45, 7) is 4.94. The summed E-state index contributed by atoms with van der Waals surface area (Å²) in [6, 6.07) is 4.32. The maximum atomic E-state index is 11.7. The number of carbonyl (C=O) groups excluding carboxylic acids is 2. The number of aromatic nitrogens is 1. The number of hydrogen-bond donors (Lipinski definition) is 1. The normalized spacial score (nSPS) is 15.1. The maximum absolute atomic E-state index is 11.7. The molecule has 126 valence electrons. The summed E-state index contributed by atoms with van der Waals surface area (Å²) in [5.41, 5.74) is 3.17. The fourth-order valence-corrected chi connectivity index (χ4v) is 2.71. The van der Waals surface area contributed by atoms with Crippen LogP contribution in [0.3, 0.4) is 0 Å². The first kappa shape index (κ1) is 17.7. The van der Waals surface area contributed by atoms with Crippen molar-refractivity contribution in [2.24, 2.45) is 5.92 Å². The quantitative estimate of drug-likeness (QED) is 0.473. The molecule has 0 radical (unpaired) electrons. The third-order valence-electron chi connectivity index (χ3n) is 4.08. The standard InChI is InChI=1S/C18H21N3O3/c1-11-8-14(13(3)21(11)15-5-6-15)4-7-18(23)24-10-17(22)16(9-19)12(2)20/h4,7-8,15-16,20H,5-6,10H2,1-3H3/b7-4+,20-12?/t16-/m0/s1. The summed E-state index contributed by atoms with van der Waals surface area (Å²) in [6.07, 6.45) is 5.34. The van der Waals surface area contributed by atoms with Crippen LogP contribution in [0.1, 0.15) is 42.8 Å². The van der Waals surface area contributed by atoms with Crippen molar-refractivity contribution in [1.29, 1.82) is 10.7 Å². The molecule has 1 aromatic rings. The van der Waals surface area contributed by atoms with Crippen molar-refractivity contribution >= 4 is 23.5 Å². The molecule has 0 bridgehead atoms. The lowest BCUT2D eigenvalue weighted by molar-refractivity contribution is -0.143. The number of ketones is 1. The molecule has 0 aliphatic heterocycles. The Morgan fingerprint density at radius 2 is 2.17 bits per heavy atom. The van der Waals surface area contributed by atoms with Gasteiger partial charge in [-0.15, -0.1) is 0 Å². The van der Waals surface area contributed by atoms with Crippen LogP contribution in [0.15, 0.2) is 12.1 Å². The van der Waals surface area contributed by atoms with E-state index in [-0.39, 0.29) is 5.71 Å². The third kappa shape index (κ3) is 3.99. The van der Waals surface area contributed by atoms with Crippen LogP contribution in [0.5, 0.6) is 0 Å². The monoisotopic (exact) mass is 327 g/mol. The Hall–Kier alpha value is -2.68. The molecule has 1 aliphatic rings. The second-order valence-electron chi connectivity index (χ2n) is 6.08. The van der Waals surface area contributed by atoms with Crippen LogP contribution in [0, 0.1) is 36.5 Å². The molecule has 0 saturated heterocycles. The molecule has 1 aliphatic carbocycles. The largest absolute Gasteiger partial charge is 0.454 e. The van der Waals surface area contributed by atoms with Gasteiger partial charge in [0.05, 0.1) is 6.07 Å². The Labute approximate surface area is 141 Å². The SMILES string of the molecule is CC(=N)[C@H](C#N)C(=O)COC(=O)/C=C/c1cc(C)n(C2CC2)c1C. The fraction of sp³-hybridized carbons (Fsp3) is 0.444. The van der Waals surface area contributed by atoms with E-state index in [2.05, 4.69) is 4.57 Å². The zero-order chi connectivity index (χ0) is 17.9. The lowest BCUT2D eigenvalue weighted by atomic mass is 10.0. The number of nitriles is 1. The van der Waals surface area contributed by atoms with Crippen molar-refractivity contribution in [3.63, 3.8) is 0 Å². The lowest BCUT2D eigenvalue weighted by Crippen LogP contribution is -2.25. The number of nitrogens with zero attached hydrogens (tertiary/aromatic N) is 2. The summed E-state index contributed by atoms with van der Waals surface area (Å²) in [5, 5.41) is 16.2. The highest BCUT2D eigenvalue weighted by Crippen LogP contribution is 2.38. The molecule has 1 saturated carbocycles. The molecular formula is C18H21N3O3. The van der Waals surface area contributed by atoms with E-state index < -0.39 is 24.3 Å². The summed E-state index contributed by atoms with van der Waals surface area (Å²) in [5.74, 6) is -2.38. The molecule has 0 amide bonds. The molecular weight excluding hydrogens is 306 g/mol. The summed E-state index contributed by atoms with van der Waals surface area (Å²) in [4.78, 5) is 23.5. The van der Waals surface area contributed by atoms with Crippen molar-refractivity contribution in [1.82, 2.24) is 4.57 Å². The zero-order valence-corrected chi connectivity index (χ0v) is 14.1. The van der Waals surface area contributed by atoms with Gasteiger partial charge in [0, 0.05) is 29.2 Å². The summed E-state index contributed by atoms with van der Waals surface area (Å²) >= 11 is 0. The first-order chi connectivity index (χ1) is 11.3. The highest BCUT2D eigenvalue weighted by atomic mass is 16.5. The molecule has 0 unspecified atom stereocenters. The van der Waals surface area contributed by atoms with E-state index in [9.17, 15) is 9.59 Å². The van der Waals surface area contributed by atoms with Gasteiger partial charge in [-0.25, -0.2) is 4.79 Å². The van der Waals surface area contributed by atoms with Crippen molar-refractivity contribution in [2.45, 2.75) is 39.7 Å². The predicted octanol–water partition coefficient (Wildman–Crippen LogP) is 2.74. The van der Waals surface area contributed by atoms with Crippen molar-refractivity contribution in [3.8, 4) is 6.07 Å². The van der Waals surface area contributed by atoms with E-state index in [1.54, 1.807) is 12.1 Å². The van der Waals surface area contributed by atoms with Crippen molar-refractivity contribution in [2.75, 3.05) is 6.61 Å². The molecule has 24 heavy (non-hydrogen) atoms. The Kier molecular flexibility index (Phi) is 5.35. The molecule has 6 heteroatoms. The highest BCUT2D eigenvalue weighted by molar-refractivity contribution is 6.06. The Balaban J connectivity index is 1.94. The molecule has 1 aromatic heterocycles. The minimum absolute atomic E-state index is 0.0541. The van der Waals surface area contributed by atoms with E-state index >= 15 is 0 Å². The van der Waals surface area contributed by atoms with Gasteiger partial charge >= 0.3 is 5.97 Å². The molecule has 2 rings (SSSR count). The second kappa shape index (κ2) is 7.26. The van der Waals surface area contributed by atoms with Crippen LogP contribution < -0.4 is 0 Å². The van der Waals surface area contributed by atoms with Crippen molar-refractivity contribution < 1.29 is 14.3 Å². The van der Waals surface area contributed by atoms with Gasteiger partial charge in [0.15, 0.2) is 12.4 Å². The molecule has 1 atom stereocenters. The third-order valence-corrected chi connectivity index (χ3v) is 4.08. The smallest absolute Gasteiger partial charge is 0.331 e. The molecule has 1 N–H and O–H groups in total. The molecule has 1 fully saturated rings. The number of ether oxygens (including phenoxy) is 1. The Bertz CT molecular complexity index is 748. The molecule has 0 spiro atoms. The molecule has 6 nitrogen and oxygen atoms in total. The topological polar surface area (TPSA) is 95.9 Å². The van der Waals surface area contributed by atoms with Gasteiger partial charge in [-0.2, -0.15) is 5.26 Å². The highest BCUT2D eigenvalue weighted by Gasteiger charge is 2.26. The van der Waals surface area contributed by atoms with E-state index in [1.165, 1.54) is 25.8 Å². The zero-order valence-electron chi connectivity index (χ0n) is 14.1. The number of carbonyl (C=O) groups is 2. The minimum Gasteiger partial charge on any atom is -0.454 e. The second-order valence-corrected chi connectivity index (χ2v) is 6.08. The average Bonchev–Trinajstić information content (AvgIpc) is 3.30. The van der Waals surface area contributed by atoms with E-state index in [4.69, 9.17) is 15.4 Å². The average molecular weight is 327 g/mol. The van der Waals surface area contributed by atoms with Crippen LogP contribution in [0.2, 0.25) is 0 Å². The van der Waals surface area contributed by atoms with Crippen LogP contribution in [0.25, 0.3) is 6.08 Å². The van der Waals surface area contributed by atoms with Gasteiger partial charge in [-0.05, 0) is 51.3 Å². The Morgan fingerprint density at radius 3 is 2.71 bits per heavy atom. The van der Waals surface area contributed by atoms with Crippen LogP contribution in [-0.4, -0.2) is 28.6 Å². The summed E-state index contributed by atoms with van der Waals surface area (Å²) in [7, 11) is 0. The number of rotatable bonds is 7. The van der Waals surface area contributed by atoms with Crippen LogP contribution in [0.4, 0.5) is 0 Å². The van der Waals surface area contributed by atoms with Crippen LogP contribution in [-0.2, 0) is 14.3 Å². The number of Topliss-reactive ketones (excluding diaryl/α,β-unsaturated/α-hetero) is 1. The summed E-state index contributed by atoms with van der Waals surface area (Å²) < 4.78 is 7.14. The van der Waals surface area contributed by atoms with Gasteiger partial charge < -0.3 is 14.7 Å². The van der Waals surface area contributed by atoms with Gasteiger partial charge in [0.25, 0.3) is 0 Å². The molecule has 1 heterocycles. The lowest BCUT2D eigenvalue weighted by Gasteiger charge is -2.07. The van der Waals surface area contributed by atoms with Gasteiger partial charge in [-0.1, -0.05) is 0 Å². The first-order valence-corrected chi connectivity index (χ1v) is 7.85. The predicted molar refractivity (Wildman–Crippen MR) is 89.7 cm³/mol. The first-order valence-electron chi connectivity index (χ1n) is 7.85. The number of esters is 1. The minimum atomic E-state index is -1.15. The van der Waals surface area contributed by atoms with Gasteiger partial charge in [0.2, 0.25) is 0 Å². The fourth-order valence-electron chi connectivity index (χ4n) is 2.71. The Morgan fingerprint density at radius 1 is 1.50 bits per heavy atom. The maximum Gasteiger partial charge on any atom is 0.331 e. The number of hydrogen-bond acceptors (Lipinski definition) is 5. The van der Waals surface area contributed by atoms with Crippen LogP contribution >= 0.6 is 0 Å². The van der Waals surface area contributed by atoms with E-state index in [1.807, 2.05) is 19.9 Å². The molecule has 0 aromatic carbocycles. The van der Waals surface area contributed by atoms with Crippen molar-refractivity contribution in [3.05, 3.63) is 29.1 Å². The van der Waals surface area contributed by atoms with E-state index in [0.29, 0.717) is 6.04 Å². The number of nitrogens with one attached hydrogen (secondary N) is 1. The van der Waals surface area contributed by atoms with Gasteiger partial charge in [-0.3, -0.25) is 4.79 Å². The number of aryl methyl sites for hydroxylation is 1. The van der Waals surface area contributed by atoms with Gasteiger partial charge in [0.1, 0.15) is 5.92 Å².